The number of rotatable bonds is 5. The van der Waals surface area contributed by atoms with Gasteiger partial charge in [0.05, 0.1) is 21.8 Å². The van der Waals surface area contributed by atoms with Crippen LogP contribution >= 0.6 is 24.0 Å². The summed E-state index contributed by atoms with van der Waals surface area (Å²) in [6.07, 6.45) is 0. The van der Waals surface area contributed by atoms with Gasteiger partial charge in [0.25, 0.3) is 5.91 Å². The van der Waals surface area contributed by atoms with Crippen LogP contribution in [0.15, 0.2) is 71.1 Å². The highest BCUT2D eigenvalue weighted by atomic mass is 35.5. The van der Waals surface area contributed by atoms with Gasteiger partial charge in [-0.25, -0.2) is 4.98 Å². The van der Waals surface area contributed by atoms with Crippen molar-refractivity contribution in [2.45, 2.75) is 6.54 Å². The van der Waals surface area contributed by atoms with Crippen LogP contribution in [0.5, 0.6) is 0 Å². The van der Waals surface area contributed by atoms with E-state index in [4.69, 9.17) is 21.0 Å². The minimum Gasteiger partial charge on any atom is -0.436 e. The fraction of sp³-hybridized carbons (Fsp3) is 0.200. The van der Waals surface area contributed by atoms with Crippen LogP contribution in [-0.2, 0) is 6.54 Å². The highest BCUT2D eigenvalue weighted by Crippen LogP contribution is 2.32. The molecule has 1 aliphatic rings. The lowest BCUT2D eigenvalue weighted by Crippen LogP contribution is -2.42. The van der Waals surface area contributed by atoms with E-state index in [0.717, 1.165) is 55.0 Å². The second-order valence-corrected chi connectivity index (χ2v) is 8.20. The number of piperazine rings is 1. The smallest absolute Gasteiger partial charge is 0.257 e. The van der Waals surface area contributed by atoms with Gasteiger partial charge in [-0.1, -0.05) is 48.0 Å². The third-order valence-electron chi connectivity index (χ3n) is 5.63. The molecule has 1 saturated heterocycles. The van der Waals surface area contributed by atoms with E-state index in [0.29, 0.717) is 22.2 Å². The van der Waals surface area contributed by atoms with Gasteiger partial charge in [-0.15, -0.1) is 12.4 Å². The first kappa shape index (κ1) is 23.3. The van der Waals surface area contributed by atoms with Gasteiger partial charge in [0, 0.05) is 32.7 Å². The first-order valence-corrected chi connectivity index (χ1v) is 11.0. The number of benzene rings is 3. The van der Waals surface area contributed by atoms with Gasteiger partial charge in [0.15, 0.2) is 5.58 Å². The summed E-state index contributed by atoms with van der Waals surface area (Å²) in [6.45, 7) is 4.85. The molecule has 0 spiro atoms. The minimum absolute atomic E-state index is 0. The summed E-state index contributed by atoms with van der Waals surface area (Å²) in [5.41, 5.74) is 4.48. The maximum absolute atomic E-state index is 12.8. The molecule has 1 fully saturated rings. The zero-order valence-corrected chi connectivity index (χ0v) is 19.5. The van der Waals surface area contributed by atoms with E-state index in [-0.39, 0.29) is 18.3 Å². The van der Waals surface area contributed by atoms with E-state index in [9.17, 15) is 4.79 Å². The number of oxazole rings is 1. The Balaban J connectivity index is 0.00000259. The quantitative estimate of drug-likeness (QED) is 0.407. The standard InChI is InChI=1S/C25H23ClN4O2.ClH/c26-20-9-3-1-7-18(20)24(31)28-21-10-4-2-8-19(21)25-29-23-17(6-5-11-22(23)32-25)16-30-14-12-27-13-15-30;/h1-11,27H,12-16H2,(H,28,31);1H. The largest absolute Gasteiger partial charge is 0.436 e. The summed E-state index contributed by atoms with van der Waals surface area (Å²) in [7, 11) is 0. The SMILES string of the molecule is Cl.O=C(Nc1ccccc1-c1nc2c(CN3CCNCC3)cccc2o1)c1ccccc1Cl. The van der Waals surface area contributed by atoms with Crippen molar-refractivity contribution in [2.75, 3.05) is 31.5 Å². The van der Waals surface area contributed by atoms with Crippen molar-refractivity contribution < 1.29 is 9.21 Å². The van der Waals surface area contributed by atoms with Crippen LogP contribution in [0.25, 0.3) is 22.6 Å². The van der Waals surface area contributed by atoms with Crippen molar-refractivity contribution in [3.63, 3.8) is 0 Å². The number of carbonyl (C=O) groups is 1. The highest BCUT2D eigenvalue weighted by molar-refractivity contribution is 6.34. The number of carbonyl (C=O) groups excluding carboxylic acids is 1. The molecular formula is C25H24Cl2N4O2. The van der Waals surface area contributed by atoms with Crippen molar-refractivity contribution >= 4 is 46.7 Å². The number of amides is 1. The van der Waals surface area contributed by atoms with Gasteiger partial charge >= 0.3 is 0 Å². The van der Waals surface area contributed by atoms with Crippen LogP contribution < -0.4 is 10.6 Å². The summed E-state index contributed by atoms with van der Waals surface area (Å²) in [5.74, 6) is 0.196. The number of nitrogens with one attached hydrogen (secondary N) is 2. The third kappa shape index (κ3) is 5.04. The molecule has 4 aromatic rings. The lowest BCUT2D eigenvalue weighted by Gasteiger charge is -2.27. The second-order valence-electron chi connectivity index (χ2n) is 7.79. The highest BCUT2D eigenvalue weighted by Gasteiger charge is 2.18. The van der Waals surface area contributed by atoms with Crippen LogP contribution in [0.2, 0.25) is 5.02 Å². The van der Waals surface area contributed by atoms with E-state index in [2.05, 4.69) is 21.6 Å². The molecule has 8 heteroatoms. The Morgan fingerprint density at radius 1 is 1.03 bits per heavy atom. The molecule has 0 bridgehead atoms. The number of nitrogens with zero attached hydrogens (tertiary/aromatic N) is 2. The molecule has 3 aromatic carbocycles. The van der Waals surface area contributed by atoms with Gasteiger partial charge in [-0.05, 0) is 35.9 Å². The zero-order valence-electron chi connectivity index (χ0n) is 17.9. The summed E-state index contributed by atoms with van der Waals surface area (Å²) >= 11 is 6.19. The first-order chi connectivity index (χ1) is 15.7. The number of aromatic nitrogens is 1. The fourth-order valence-corrected chi connectivity index (χ4v) is 4.19. The number of hydrogen-bond donors (Lipinski definition) is 2. The van der Waals surface area contributed by atoms with Gasteiger partial charge < -0.3 is 15.1 Å². The van der Waals surface area contributed by atoms with Crippen LogP contribution in [0, 0.1) is 0 Å². The lowest BCUT2D eigenvalue weighted by molar-refractivity contribution is 0.102. The summed E-state index contributed by atoms with van der Waals surface area (Å²) < 4.78 is 6.12. The van der Waals surface area contributed by atoms with Crippen molar-refractivity contribution in [2.24, 2.45) is 0 Å². The summed E-state index contributed by atoms with van der Waals surface area (Å²) in [5, 5.41) is 6.74. The molecule has 0 saturated carbocycles. The normalized spacial score (nSPS) is 14.1. The minimum atomic E-state index is -0.279. The molecule has 0 unspecified atom stereocenters. The predicted molar refractivity (Wildman–Crippen MR) is 134 cm³/mol. The molecule has 33 heavy (non-hydrogen) atoms. The maximum Gasteiger partial charge on any atom is 0.257 e. The van der Waals surface area contributed by atoms with E-state index in [1.807, 2.05) is 36.4 Å². The van der Waals surface area contributed by atoms with Crippen molar-refractivity contribution in [1.82, 2.24) is 15.2 Å². The maximum atomic E-state index is 12.8. The van der Waals surface area contributed by atoms with Gasteiger partial charge in [-0.3, -0.25) is 9.69 Å². The monoisotopic (exact) mass is 482 g/mol. The zero-order chi connectivity index (χ0) is 21.9. The van der Waals surface area contributed by atoms with E-state index >= 15 is 0 Å². The van der Waals surface area contributed by atoms with Crippen molar-refractivity contribution in [3.8, 4) is 11.5 Å². The molecule has 1 amide bonds. The number of fused-ring (bicyclic) bond motifs is 1. The number of anilines is 1. The number of halogens is 2. The Kier molecular flexibility index (Phi) is 7.30. The second kappa shape index (κ2) is 10.4. The average Bonchev–Trinajstić information content (AvgIpc) is 3.26. The molecule has 2 N–H and O–H groups in total. The third-order valence-corrected chi connectivity index (χ3v) is 5.96. The van der Waals surface area contributed by atoms with Crippen molar-refractivity contribution in [1.29, 1.82) is 0 Å². The van der Waals surface area contributed by atoms with Gasteiger partial charge in [0.1, 0.15) is 5.52 Å². The van der Waals surface area contributed by atoms with Crippen LogP contribution in [0.3, 0.4) is 0 Å². The average molecular weight is 483 g/mol. The molecule has 1 aliphatic heterocycles. The molecular weight excluding hydrogens is 459 g/mol. The summed E-state index contributed by atoms with van der Waals surface area (Å²) in [4.78, 5) is 20.0. The molecule has 0 radical (unpaired) electrons. The molecule has 2 heterocycles. The number of hydrogen-bond acceptors (Lipinski definition) is 5. The Bertz CT molecular complexity index is 1270. The van der Waals surface area contributed by atoms with Crippen LogP contribution in [0.4, 0.5) is 5.69 Å². The van der Waals surface area contributed by atoms with Crippen LogP contribution in [-0.4, -0.2) is 42.0 Å². The topological polar surface area (TPSA) is 70.4 Å². The van der Waals surface area contributed by atoms with E-state index < -0.39 is 0 Å². The van der Waals surface area contributed by atoms with Crippen molar-refractivity contribution in [3.05, 3.63) is 82.9 Å². The predicted octanol–water partition coefficient (Wildman–Crippen LogP) is 5.23. The Hall–Kier alpha value is -2.90. The van der Waals surface area contributed by atoms with E-state index in [1.165, 1.54) is 0 Å². The van der Waals surface area contributed by atoms with Gasteiger partial charge in [0.2, 0.25) is 5.89 Å². The van der Waals surface area contributed by atoms with E-state index in [1.54, 1.807) is 24.3 Å². The first-order valence-electron chi connectivity index (χ1n) is 10.7. The molecule has 0 atom stereocenters. The number of para-hydroxylation sites is 2. The molecule has 170 valence electrons. The Morgan fingerprint density at radius 3 is 2.61 bits per heavy atom. The van der Waals surface area contributed by atoms with Crippen LogP contribution in [0.1, 0.15) is 15.9 Å². The fourth-order valence-electron chi connectivity index (χ4n) is 3.97. The Labute approximate surface area is 203 Å². The Morgan fingerprint density at radius 2 is 1.79 bits per heavy atom. The lowest BCUT2D eigenvalue weighted by atomic mass is 10.1. The summed E-state index contributed by atoms with van der Waals surface area (Å²) in [6, 6.07) is 20.5. The molecule has 5 rings (SSSR count). The molecule has 0 aliphatic carbocycles. The molecule has 1 aromatic heterocycles. The van der Waals surface area contributed by atoms with Gasteiger partial charge in [-0.2, -0.15) is 0 Å². The molecule has 6 nitrogen and oxygen atoms in total.